The smallest absolute Gasteiger partial charge is 0.263 e. The molecule has 21 heavy (non-hydrogen) atoms. The molecule has 2 aromatic rings. The van der Waals surface area contributed by atoms with Gasteiger partial charge in [0.2, 0.25) is 0 Å². The third kappa shape index (κ3) is 3.83. The van der Waals surface area contributed by atoms with Crippen LogP contribution in [-0.4, -0.2) is 19.9 Å². The lowest BCUT2D eigenvalue weighted by molar-refractivity contribution is 0.600. The number of benzene rings is 1. The molecule has 0 saturated carbocycles. The molecule has 0 unspecified atom stereocenters. The highest BCUT2D eigenvalue weighted by Gasteiger charge is 2.16. The summed E-state index contributed by atoms with van der Waals surface area (Å²) in [6.45, 7) is 2.58. The van der Waals surface area contributed by atoms with E-state index in [1.54, 1.807) is 6.07 Å². The van der Waals surface area contributed by atoms with Crippen molar-refractivity contribution in [2.75, 3.05) is 16.6 Å². The first kappa shape index (κ1) is 15.5. The molecule has 0 saturated heterocycles. The van der Waals surface area contributed by atoms with Crippen LogP contribution in [0.4, 0.5) is 15.9 Å². The highest BCUT2D eigenvalue weighted by molar-refractivity contribution is 7.92. The molecule has 0 aliphatic heterocycles. The summed E-state index contributed by atoms with van der Waals surface area (Å²) in [4.78, 5) is 3.94. The molecule has 2 N–H and O–H groups in total. The average Bonchev–Trinajstić information content (AvgIpc) is 2.44. The fourth-order valence-electron chi connectivity index (χ4n) is 1.60. The number of rotatable bonds is 5. The zero-order chi connectivity index (χ0) is 15.5. The van der Waals surface area contributed by atoms with Gasteiger partial charge in [-0.1, -0.05) is 11.6 Å². The van der Waals surface area contributed by atoms with E-state index in [-0.39, 0.29) is 15.6 Å². The van der Waals surface area contributed by atoms with Gasteiger partial charge in [-0.15, -0.1) is 0 Å². The maximum Gasteiger partial charge on any atom is 0.263 e. The van der Waals surface area contributed by atoms with E-state index in [0.29, 0.717) is 12.4 Å². The summed E-state index contributed by atoms with van der Waals surface area (Å²) in [5, 5.41) is 3.06. The maximum absolute atomic E-state index is 13.1. The Hall–Kier alpha value is -1.86. The number of hydrogen-bond donors (Lipinski definition) is 2. The Bertz CT molecular complexity index is 736. The van der Waals surface area contributed by atoms with Crippen LogP contribution >= 0.6 is 11.6 Å². The summed E-state index contributed by atoms with van der Waals surface area (Å²) in [5.74, 6) is -0.0158. The fraction of sp³-hybridized carbons (Fsp3) is 0.154. The topological polar surface area (TPSA) is 71.1 Å². The van der Waals surface area contributed by atoms with E-state index in [0.717, 1.165) is 12.1 Å². The molecule has 0 spiro atoms. The number of nitrogens with zero attached hydrogens (tertiary/aromatic N) is 1. The molecule has 8 heteroatoms. The largest absolute Gasteiger partial charge is 0.370 e. The standard InChI is InChI=1S/C13H13ClFN3O2S/c1-2-16-13-6-4-10(8-17-13)21(19,20)18-12-7-9(15)3-5-11(12)14/h3-8,18H,2H2,1H3,(H,16,17). The number of anilines is 2. The van der Waals surface area contributed by atoms with Crippen molar-refractivity contribution in [3.63, 3.8) is 0 Å². The van der Waals surface area contributed by atoms with Crippen molar-refractivity contribution in [3.8, 4) is 0 Å². The minimum Gasteiger partial charge on any atom is -0.370 e. The van der Waals surface area contributed by atoms with Gasteiger partial charge in [0.25, 0.3) is 10.0 Å². The first-order valence-electron chi connectivity index (χ1n) is 6.10. The number of sulfonamides is 1. The number of nitrogens with one attached hydrogen (secondary N) is 2. The average molecular weight is 330 g/mol. The van der Waals surface area contributed by atoms with E-state index in [4.69, 9.17) is 11.6 Å². The lowest BCUT2D eigenvalue weighted by Crippen LogP contribution is -2.14. The summed E-state index contributed by atoms with van der Waals surface area (Å²) >= 11 is 5.84. The molecular weight excluding hydrogens is 317 g/mol. The highest BCUT2D eigenvalue weighted by atomic mass is 35.5. The molecule has 0 bridgehead atoms. The molecule has 0 radical (unpaired) electrons. The Balaban J connectivity index is 2.27. The van der Waals surface area contributed by atoms with E-state index >= 15 is 0 Å². The van der Waals surface area contributed by atoms with Crippen molar-refractivity contribution in [3.05, 3.63) is 47.4 Å². The number of aromatic nitrogens is 1. The molecule has 0 amide bonds. The van der Waals surface area contributed by atoms with Crippen LogP contribution in [0.1, 0.15) is 6.92 Å². The van der Waals surface area contributed by atoms with E-state index in [1.807, 2.05) is 6.92 Å². The summed E-state index contributed by atoms with van der Waals surface area (Å²) in [7, 11) is -3.88. The van der Waals surface area contributed by atoms with E-state index in [9.17, 15) is 12.8 Å². The summed E-state index contributed by atoms with van der Waals surface area (Å²) in [6.07, 6.45) is 1.22. The Morgan fingerprint density at radius 1 is 1.29 bits per heavy atom. The van der Waals surface area contributed by atoms with Crippen molar-refractivity contribution in [2.45, 2.75) is 11.8 Å². The fourth-order valence-corrected chi connectivity index (χ4v) is 2.84. The van der Waals surface area contributed by atoms with Gasteiger partial charge in [-0.25, -0.2) is 17.8 Å². The van der Waals surface area contributed by atoms with Crippen LogP contribution in [0.15, 0.2) is 41.4 Å². The Kier molecular flexibility index (Phi) is 4.64. The molecule has 0 aliphatic carbocycles. The summed E-state index contributed by atoms with van der Waals surface area (Å²) in [6, 6.07) is 6.39. The number of pyridine rings is 1. The molecular formula is C13H13ClFN3O2S. The lowest BCUT2D eigenvalue weighted by Gasteiger charge is -2.10. The van der Waals surface area contributed by atoms with E-state index < -0.39 is 15.8 Å². The third-order valence-electron chi connectivity index (χ3n) is 2.58. The van der Waals surface area contributed by atoms with Crippen LogP contribution in [-0.2, 0) is 10.0 Å². The second kappa shape index (κ2) is 6.28. The van der Waals surface area contributed by atoms with Crippen molar-refractivity contribution >= 4 is 33.1 Å². The van der Waals surface area contributed by atoms with Crippen LogP contribution in [0.2, 0.25) is 5.02 Å². The molecule has 2 rings (SSSR count). The summed E-state index contributed by atoms with van der Waals surface area (Å²) < 4.78 is 39.7. The predicted octanol–water partition coefficient (Wildman–Crippen LogP) is 3.11. The number of halogens is 2. The van der Waals surface area contributed by atoms with Crippen LogP contribution < -0.4 is 10.0 Å². The van der Waals surface area contributed by atoms with Crippen LogP contribution in [0, 0.1) is 5.82 Å². The molecule has 0 aliphatic rings. The van der Waals surface area contributed by atoms with E-state index in [1.165, 1.54) is 18.3 Å². The van der Waals surface area contributed by atoms with Crippen molar-refractivity contribution < 1.29 is 12.8 Å². The highest BCUT2D eigenvalue weighted by Crippen LogP contribution is 2.25. The minimum absolute atomic E-state index is 0.0209. The van der Waals surface area contributed by atoms with Gasteiger partial charge >= 0.3 is 0 Å². The van der Waals surface area contributed by atoms with Crippen LogP contribution in [0.25, 0.3) is 0 Å². The van der Waals surface area contributed by atoms with Crippen molar-refractivity contribution in [2.24, 2.45) is 0 Å². The summed E-state index contributed by atoms with van der Waals surface area (Å²) in [5.41, 5.74) is -0.0209. The van der Waals surface area contributed by atoms with Gasteiger partial charge in [0.1, 0.15) is 16.5 Å². The van der Waals surface area contributed by atoms with Crippen molar-refractivity contribution in [1.82, 2.24) is 4.98 Å². The second-order valence-corrected chi connectivity index (χ2v) is 6.23. The first-order valence-corrected chi connectivity index (χ1v) is 7.96. The van der Waals surface area contributed by atoms with Crippen LogP contribution in [0.5, 0.6) is 0 Å². The third-order valence-corrected chi connectivity index (χ3v) is 4.26. The van der Waals surface area contributed by atoms with Gasteiger partial charge < -0.3 is 5.32 Å². The molecule has 1 aromatic carbocycles. The van der Waals surface area contributed by atoms with Gasteiger partial charge in [0.05, 0.1) is 10.7 Å². The minimum atomic E-state index is -3.88. The zero-order valence-electron chi connectivity index (χ0n) is 11.1. The van der Waals surface area contributed by atoms with Crippen molar-refractivity contribution in [1.29, 1.82) is 0 Å². The van der Waals surface area contributed by atoms with Gasteiger partial charge in [-0.05, 0) is 37.3 Å². The number of hydrogen-bond acceptors (Lipinski definition) is 4. The normalized spacial score (nSPS) is 11.2. The van der Waals surface area contributed by atoms with Gasteiger partial charge in [-0.3, -0.25) is 4.72 Å². The molecule has 5 nitrogen and oxygen atoms in total. The Morgan fingerprint density at radius 2 is 2.05 bits per heavy atom. The predicted molar refractivity (Wildman–Crippen MR) is 80.6 cm³/mol. The zero-order valence-corrected chi connectivity index (χ0v) is 12.7. The molecule has 112 valence electrons. The molecule has 1 aromatic heterocycles. The van der Waals surface area contributed by atoms with E-state index in [2.05, 4.69) is 15.0 Å². The maximum atomic E-state index is 13.1. The van der Waals surface area contributed by atoms with Crippen LogP contribution in [0.3, 0.4) is 0 Å². The lowest BCUT2D eigenvalue weighted by atomic mass is 10.3. The van der Waals surface area contributed by atoms with Gasteiger partial charge in [0.15, 0.2) is 0 Å². The monoisotopic (exact) mass is 329 g/mol. The van der Waals surface area contributed by atoms with Gasteiger partial charge in [0, 0.05) is 12.7 Å². The Morgan fingerprint density at radius 3 is 2.67 bits per heavy atom. The van der Waals surface area contributed by atoms with Gasteiger partial charge in [-0.2, -0.15) is 0 Å². The first-order chi connectivity index (χ1) is 9.92. The molecule has 0 fully saturated rings. The quantitative estimate of drug-likeness (QED) is 0.884. The SMILES string of the molecule is CCNc1ccc(S(=O)(=O)Nc2cc(F)ccc2Cl)cn1. The molecule has 1 heterocycles. The molecule has 0 atom stereocenters. The Labute approximate surface area is 127 Å². The second-order valence-electron chi connectivity index (χ2n) is 4.14.